The van der Waals surface area contributed by atoms with Crippen LogP contribution in [0.2, 0.25) is 0 Å². The molecule has 0 saturated carbocycles. The van der Waals surface area contributed by atoms with Crippen LogP contribution in [0.25, 0.3) is 11.0 Å². The standard InChI is InChI=1S/C11H9N3O2/c1-7(15)13-11(16)10-6-12-8-4-2-3-5-9(8)14-10/h2-6H,1H3,(H,13,15,16). The maximum absolute atomic E-state index is 11.5. The summed E-state index contributed by atoms with van der Waals surface area (Å²) >= 11 is 0. The largest absolute Gasteiger partial charge is 0.291 e. The first-order valence-corrected chi connectivity index (χ1v) is 4.70. The number of benzene rings is 1. The van der Waals surface area contributed by atoms with Gasteiger partial charge in [-0.25, -0.2) is 4.98 Å². The van der Waals surface area contributed by atoms with Crippen molar-refractivity contribution in [3.05, 3.63) is 36.2 Å². The second-order valence-corrected chi connectivity index (χ2v) is 3.25. The molecule has 1 aromatic heterocycles. The smallest absolute Gasteiger partial charge is 0.278 e. The lowest BCUT2D eigenvalue weighted by molar-refractivity contribution is -0.118. The van der Waals surface area contributed by atoms with Crippen molar-refractivity contribution in [1.82, 2.24) is 15.3 Å². The molecule has 16 heavy (non-hydrogen) atoms. The SMILES string of the molecule is CC(=O)NC(=O)c1cnc2ccccc2n1. The van der Waals surface area contributed by atoms with Crippen molar-refractivity contribution in [2.24, 2.45) is 0 Å². The third-order valence-electron chi connectivity index (χ3n) is 1.97. The van der Waals surface area contributed by atoms with E-state index in [9.17, 15) is 9.59 Å². The number of nitrogens with one attached hydrogen (secondary N) is 1. The molecule has 5 heteroatoms. The summed E-state index contributed by atoms with van der Waals surface area (Å²) < 4.78 is 0. The number of carbonyl (C=O) groups is 2. The van der Waals surface area contributed by atoms with E-state index in [1.54, 1.807) is 12.1 Å². The van der Waals surface area contributed by atoms with E-state index in [1.807, 2.05) is 12.1 Å². The molecule has 0 aliphatic carbocycles. The quantitative estimate of drug-likeness (QED) is 0.767. The molecule has 2 amide bonds. The van der Waals surface area contributed by atoms with Crippen molar-refractivity contribution < 1.29 is 9.59 Å². The van der Waals surface area contributed by atoms with E-state index in [0.717, 1.165) is 0 Å². The molecule has 1 aromatic carbocycles. The average molecular weight is 215 g/mol. The Hall–Kier alpha value is -2.30. The van der Waals surface area contributed by atoms with Gasteiger partial charge in [-0.15, -0.1) is 0 Å². The molecule has 0 saturated heterocycles. The fourth-order valence-corrected chi connectivity index (χ4v) is 1.29. The van der Waals surface area contributed by atoms with Gasteiger partial charge in [-0.3, -0.25) is 19.9 Å². The third kappa shape index (κ3) is 2.03. The fraction of sp³-hybridized carbons (Fsp3) is 0.0909. The van der Waals surface area contributed by atoms with Crippen molar-refractivity contribution in [2.45, 2.75) is 6.92 Å². The van der Waals surface area contributed by atoms with Gasteiger partial charge < -0.3 is 0 Å². The summed E-state index contributed by atoms with van der Waals surface area (Å²) in [6, 6.07) is 7.21. The molecule has 0 atom stereocenters. The summed E-state index contributed by atoms with van der Waals surface area (Å²) in [7, 11) is 0. The van der Waals surface area contributed by atoms with Gasteiger partial charge in [-0.2, -0.15) is 0 Å². The number of carbonyl (C=O) groups excluding carboxylic acids is 2. The van der Waals surface area contributed by atoms with Gasteiger partial charge in [0.1, 0.15) is 5.69 Å². The van der Waals surface area contributed by atoms with Crippen molar-refractivity contribution in [3.63, 3.8) is 0 Å². The fourth-order valence-electron chi connectivity index (χ4n) is 1.29. The maximum atomic E-state index is 11.5. The lowest BCUT2D eigenvalue weighted by Crippen LogP contribution is -2.28. The zero-order valence-electron chi connectivity index (χ0n) is 8.60. The highest BCUT2D eigenvalue weighted by Gasteiger charge is 2.09. The number of hydrogen-bond donors (Lipinski definition) is 1. The Labute approximate surface area is 91.5 Å². The van der Waals surface area contributed by atoms with E-state index in [4.69, 9.17) is 0 Å². The minimum Gasteiger partial charge on any atom is -0.291 e. The summed E-state index contributed by atoms with van der Waals surface area (Å²) in [6.07, 6.45) is 1.35. The van der Waals surface area contributed by atoms with E-state index in [0.29, 0.717) is 11.0 Å². The van der Waals surface area contributed by atoms with Gasteiger partial charge in [0.05, 0.1) is 17.2 Å². The molecule has 0 spiro atoms. The van der Waals surface area contributed by atoms with Crippen molar-refractivity contribution >= 4 is 22.8 Å². The minimum absolute atomic E-state index is 0.133. The van der Waals surface area contributed by atoms with Crippen LogP contribution in [0.1, 0.15) is 17.4 Å². The topological polar surface area (TPSA) is 72.0 Å². The van der Waals surface area contributed by atoms with Crippen LogP contribution in [0.3, 0.4) is 0 Å². The van der Waals surface area contributed by atoms with Crippen molar-refractivity contribution in [2.75, 3.05) is 0 Å². The van der Waals surface area contributed by atoms with Crippen LogP contribution in [-0.4, -0.2) is 21.8 Å². The average Bonchev–Trinajstić information content (AvgIpc) is 2.27. The van der Waals surface area contributed by atoms with Crippen molar-refractivity contribution in [3.8, 4) is 0 Å². The highest BCUT2D eigenvalue weighted by Crippen LogP contribution is 2.08. The van der Waals surface area contributed by atoms with Gasteiger partial charge in [0.25, 0.3) is 5.91 Å². The summed E-state index contributed by atoms with van der Waals surface area (Å²) in [6.45, 7) is 1.27. The Bertz CT molecular complexity index is 566. The van der Waals surface area contributed by atoms with Crippen molar-refractivity contribution in [1.29, 1.82) is 0 Å². The minimum atomic E-state index is -0.536. The summed E-state index contributed by atoms with van der Waals surface area (Å²) in [5.41, 5.74) is 1.47. The lowest BCUT2D eigenvalue weighted by atomic mass is 10.3. The Morgan fingerprint density at radius 3 is 2.56 bits per heavy atom. The van der Waals surface area contributed by atoms with E-state index >= 15 is 0 Å². The number of para-hydroxylation sites is 2. The Morgan fingerprint density at radius 1 is 1.19 bits per heavy atom. The second kappa shape index (κ2) is 4.06. The molecule has 2 aromatic rings. The first kappa shape index (κ1) is 10.2. The number of aromatic nitrogens is 2. The Kier molecular flexibility index (Phi) is 2.59. The molecule has 1 N–H and O–H groups in total. The zero-order chi connectivity index (χ0) is 11.5. The number of hydrogen-bond acceptors (Lipinski definition) is 4. The monoisotopic (exact) mass is 215 g/mol. The van der Waals surface area contributed by atoms with E-state index in [-0.39, 0.29) is 5.69 Å². The molecule has 0 radical (unpaired) electrons. The number of amides is 2. The summed E-state index contributed by atoms with van der Waals surface area (Å²) in [5, 5.41) is 2.14. The molecular formula is C11H9N3O2. The summed E-state index contributed by atoms with van der Waals surface area (Å²) in [5.74, 6) is -0.953. The van der Waals surface area contributed by atoms with Crippen LogP contribution in [0.15, 0.2) is 30.5 Å². The molecule has 0 unspecified atom stereocenters. The molecule has 0 aliphatic heterocycles. The zero-order valence-corrected chi connectivity index (χ0v) is 8.60. The highest BCUT2D eigenvalue weighted by molar-refractivity contribution is 6.03. The normalized spacial score (nSPS) is 10.1. The molecule has 0 aliphatic rings. The number of rotatable bonds is 1. The maximum Gasteiger partial charge on any atom is 0.278 e. The van der Waals surface area contributed by atoms with Crippen LogP contribution >= 0.6 is 0 Å². The van der Waals surface area contributed by atoms with Crippen LogP contribution in [0.5, 0.6) is 0 Å². The van der Waals surface area contributed by atoms with E-state index in [2.05, 4.69) is 15.3 Å². The number of fused-ring (bicyclic) bond motifs is 1. The number of imide groups is 1. The molecule has 0 fully saturated rings. The van der Waals surface area contributed by atoms with E-state index in [1.165, 1.54) is 13.1 Å². The molecular weight excluding hydrogens is 206 g/mol. The van der Waals surface area contributed by atoms with Crippen LogP contribution in [-0.2, 0) is 4.79 Å². The molecule has 2 rings (SSSR count). The Balaban J connectivity index is 2.39. The molecule has 0 bridgehead atoms. The van der Waals surface area contributed by atoms with Crippen LogP contribution in [0, 0.1) is 0 Å². The first-order valence-electron chi connectivity index (χ1n) is 4.70. The van der Waals surface area contributed by atoms with Crippen LogP contribution in [0.4, 0.5) is 0 Å². The van der Waals surface area contributed by atoms with Gasteiger partial charge in [-0.05, 0) is 12.1 Å². The second-order valence-electron chi connectivity index (χ2n) is 3.25. The Morgan fingerprint density at radius 2 is 1.88 bits per heavy atom. The first-order chi connectivity index (χ1) is 7.66. The summed E-state index contributed by atoms with van der Waals surface area (Å²) in [4.78, 5) is 30.4. The molecule has 80 valence electrons. The van der Waals surface area contributed by atoms with Gasteiger partial charge >= 0.3 is 0 Å². The van der Waals surface area contributed by atoms with Crippen LogP contribution < -0.4 is 5.32 Å². The molecule has 5 nitrogen and oxygen atoms in total. The predicted molar refractivity (Wildman–Crippen MR) is 57.7 cm³/mol. The molecule has 1 heterocycles. The third-order valence-corrected chi connectivity index (χ3v) is 1.97. The van der Waals surface area contributed by atoms with Gasteiger partial charge in [0.15, 0.2) is 0 Å². The van der Waals surface area contributed by atoms with E-state index < -0.39 is 11.8 Å². The number of nitrogens with zero attached hydrogens (tertiary/aromatic N) is 2. The lowest BCUT2D eigenvalue weighted by Gasteiger charge is -2.01. The van der Waals surface area contributed by atoms with Gasteiger partial charge in [0, 0.05) is 6.92 Å². The highest BCUT2D eigenvalue weighted by atomic mass is 16.2. The van der Waals surface area contributed by atoms with Gasteiger partial charge in [0.2, 0.25) is 5.91 Å². The van der Waals surface area contributed by atoms with Gasteiger partial charge in [-0.1, -0.05) is 12.1 Å². The predicted octanol–water partition coefficient (Wildman–Crippen LogP) is 0.906.